The molecule has 2 heterocycles. The van der Waals surface area contributed by atoms with E-state index in [2.05, 4.69) is 5.32 Å². The zero-order chi connectivity index (χ0) is 17.8. The van der Waals surface area contributed by atoms with Gasteiger partial charge in [-0.2, -0.15) is 11.8 Å². The van der Waals surface area contributed by atoms with E-state index in [1.165, 1.54) is 0 Å². The Labute approximate surface area is 151 Å². The SMILES string of the molecule is CSCCC(=O)N1CC[C@@H](Oc2ccc3c(c2)CCC(=O)N3)[C@H](O)C1. The first-order chi connectivity index (χ1) is 12.1. The molecule has 2 aliphatic rings. The van der Waals surface area contributed by atoms with Gasteiger partial charge in [-0.3, -0.25) is 9.59 Å². The van der Waals surface area contributed by atoms with Crippen molar-refractivity contribution in [3.05, 3.63) is 23.8 Å². The number of benzene rings is 1. The van der Waals surface area contributed by atoms with E-state index in [0.29, 0.717) is 44.5 Å². The van der Waals surface area contributed by atoms with Crippen LogP contribution in [0.3, 0.4) is 0 Å². The number of hydrogen-bond acceptors (Lipinski definition) is 5. The van der Waals surface area contributed by atoms with E-state index in [-0.39, 0.29) is 17.9 Å². The van der Waals surface area contributed by atoms with Gasteiger partial charge in [-0.05, 0) is 36.4 Å². The Kier molecular flexibility index (Phi) is 5.86. The van der Waals surface area contributed by atoms with Crippen LogP contribution in [0.15, 0.2) is 18.2 Å². The number of piperidine rings is 1. The van der Waals surface area contributed by atoms with E-state index in [9.17, 15) is 14.7 Å². The van der Waals surface area contributed by atoms with Crippen molar-refractivity contribution in [1.29, 1.82) is 0 Å². The predicted molar refractivity (Wildman–Crippen MR) is 98.0 cm³/mol. The normalized spacial score (nSPS) is 23.0. The number of aliphatic hydroxyl groups excluding tert-OH is 1. The molecule has 0 aromatic heterocycles. The second-order valence-electron chi connectivity index (χ2n) is 6.46. The minimum atomic E-state index is -0.692. The van der Waals surface area contributed by atoms with Gasteiger partial charge < -0.3 is 20.1 Å². The maximum atomic E-state index is 12.1. The maximum absolute atomic E-state index is 12.1. The summed E-state index contributed by atoms with van der Waals surface area (Å²) >= 11 is 1.65. The van der Waals surface area contributed by atoms with Crippen molar-refractivity contribution in [3.8, 4) is 5.75 Å². The number of aliphatic hydroxyl groups is 1. The molecule has 25 heavy (non-hydrogen) atoms. The third-order valence-corrected chi connectivity index (χ3v) is 5.26. The van der Waals surface area contributed by atoms with Gasteiger partial charge in [0.05, 0.1) is 6.54 Å². The fourth-order valence-electron chi connectivity index (χ4n) is 3.23. The second-order valence-corrected chi connectivity index (χ2v) is 7.45. The average molecular weight is 364 g/mol. The number of amides is 2. The predicted octanol–water partition coefficient (Wildman–Crippen LogP) is 1.66. The van der Waals surface area contributed by atoms with E-state index in [1.54, 1.807) is 16.7 Å². The number of carbonyl (C=O) groups excluding carboxylic acids is 2. The van der Waals surface area contributed by atoms with Crippen molar-refractivity contribution in [3.63, 3.8) is 0 Å². The minimum absolute atomic E-state index is 0.0371. The van der Waals surface area contributed by atoms with Gasteiger partial charge in [0, 0.05) is 37.2 Å². The molecule has 2 amide bonds. The molecule has 0 aliphatic carbocycles. The topological polar surface area (TPSA) is 78.9 Å². The van der Waals surface area contributed by atoms with Gasteiger partial charge >= 0.3 is 0 Å². The summed E-state index contributed by atoms with van der Waals surface area (Å²) in [5.41, 5.74) is 1.88. The fourth-order valence-corrected chi connectivity index (χ4v) is 3.61. The largest absolute Gasteiger partial charge is 0.488 e. The van der Waals surface area contributed by atoms with Crippen molar-refractivity contribution in [2.45, 2.75) is 37.9 Å². The summed E-state index contributed by atoms with van der Waals surface area (Å²) in [6.45, 7) is 0.925. The summed E-state index contributed by atoms with van der Waals surface area (Å²) in [6, 6.07) is 5.58. The number of carbonyl (C=O) groups is 2. The molecule has 1 aromatic carbocycles. The Balaban J connectivity index is 1.57. The summed E-state index contributed by atoms with van der Waals surface area (Å²) < 4.78 is 5.96. The summed E-state index contributed by atoms with van der Waals surface area (Å²) in [6.07, 6.45) is 3.27. The van der Waals surface area contributed by atoms with E-state index in [0.717, 1.165) is 17.0 Å². The van der Waals surface area contributed by atoms with Crippen molar-refractivity contribution < 1.29 is 19.4 Å². The number of β-amino-alcohol motifs (C(OH)–C–C–N with tert-alkyl or cyclic N) is 1. The molecule has 2 atom stereocenters. The molecule has 0 saturated carbocycles. The number of nitrogens with one attached hydrogen (secondary N) is 1. The lowest BCUT2D eigenvalue weighted by Gasteiger charge is -2.36. The van der Waals surface area contributed by atoms with Gasteiger partial charge in [0.2, 0.25) is 11.8 Å². The van der Waals surface area contributed by atoms with Gasteiger partial charge in [-0.15, -0.1) is 0 Å². The Morgan fingerprint density at radius 3 is 3.04 bits per heavy atom. The summed E-state index contributed by atoms with van der Waals surface area (Å²) in [5.74, 6) is 1.63. The third kappa shape index (κ3) is 4.46. The summed E-state index contributed by atoms with van der Waals surface area (Å²) in [5, 5.41) is 13.2. The van der Waals surface area contributed by atoms with Gasteiger partial charge in [-0.1, -0.05) is 0 Å². The average Bonchev–Trinajstić information content (AvgIpc) is 2.61. The van der Waals surface area contributed by atoms with Crippen LogP contribution in [0.2, 0.25) is 0 Å². The van der Waals surface area contributed by atoms with E-state index < -0.39 is 6.10 Å². The molecule has 2 N–H and O–H groups in total. The molecule has 2 aliphatic heterocycles. The minimum Gasteiger partial charge on any atom is -0.488 e. The number of thioether (sulfide) groups is 1. The highest BCUT2D eigenvalue weighted by Crippen LogP contribution is 2.28. The van der Waals surface area contributed by atoms with Crippen LogP contribution >= 0.6 is 11.8 Å². The molecule has 0 unspecified atom stereocenters. The Hall–Kier alpha value is -1.73. The lowest BCUT2D eigenvalue weighted by Crippen LogP contribution is -2.51. The highest BCUT2D eigenvalue weighted by Gasteiger charge is 2.31. The third-order valence-electron chi connectivity index (χ3n) is 4.65. The number of anilines is 1. The van der Waals surface area contributed by atoms with Crippen LogP contribution in [0, 0.1) is 0 Å². The molecule has 0 radical (unpaired) electrons. The van der Waals surface area contributed by atoms with E-state index >= 15 is 0 Å². The summed E-state index contributed by atoms with van der Waals surface area (Å²) in [4.78, 5) is 25.2. The van der Waals surface area contributed by atoms with Gasteiger partial charge in [0.1, 0.15) is 18.0 Å². The highest BCUT2D eigenvalue weighted by molar-refractivity contribution is 7.98. The van der Waals surface area contributed by atoms with Gasteiger partial charge in [0.15, 0.2) is 0 Å². The monoisotopic (exact) mass is 364 g/mol. The molecule has 1 aromatic rings. The van der Waals surface area contributed by atoms with Crippen LogP contribution < -0.4 is 10.1 Å². The summed E-state index contributed by atoms with van der Waals surface area (Å²) in [7, 11) is 0. The molecule has 6 nitrogen and oxygen atoms in total. The van der Waals surface area contributed by atoms with Crippen LogP contribution in [0.5, 0.6) is 5.75 Å². The van der Waals surface area contributed by atoms with Crippen LogP contribution in [0.1, 0.15) is 24.8 Å². The number of likely N-dealkylation sites (tertiary alicyclic amines) is 1. The van der Waals surface area contributed by atoms with Crippen molar-refractivity contribution in [2.24, 2.45) is 0 Å². The van der Waals surface area contributed by atoms with Crippen LogP contribution in [-0.2, 0) is 16.0 Å². The lowest BCUT2D eigenvalue weighted by atomic mass is 10.0. The quantitative estimate of drug-likeness (QED) is 0.831. The molecule has 136 valence electrons. The number of ether oxygens (including phenoxy) is 1. The molecule has 3 rings (SSSR count). The Bertz CT molecular complexity index is 652. The molecular formula is C18H24N2O4S. The standard InChI is InChI=1S/C18H24N2O4S/c1-25-9-7-18(23)20-8-6-16(15(21)11-20)24-13-3-4-14-12(10-13)2-5-17(22)19-14/h3-4,10,15-16,21H,2,5-9,11H2,1H3,(H,19,22)/t15-,16-/m1/s1. The maximum Gasteiger partial charge on any atom is 0.224 e. The fraction of sp³-hybridized carbons (Fsp3) is 0.556. The molecule has 0 bridgehead atoms. The van der Waals surface area contributed by atoms with Gasteiger partial charge in [-0.25, -0.2) is 0 Å². The Morgan fingerprint density at radius 2 is 2.28 bits per heavy atom. The first-order valence-corrected chi connectivity index (χ1v) is 10.0. The first-order valence-electron chi connectivity index (χ1n) is 8.61. The first kappa shape index (κ1) is 18.1. The van der Waals surface area contributed by atoms with E-state index in [4.69, 9.17) is 4.74 Å². The Morgan fingerprint density at radius 1 is 1.44 bits per heavy atom. The van der Waals surface area contributed by atoms with Crippen molar-refractivity contribution in [2.75, 3.05) is 30.4 Å². The zero-order valence-corrected chi connectivity index (χ0v) is 15.2. The number of nitrogens with zero attached hydrogens (tertiary/aromatic N) is 1. The molecular weight excluding hydrogens is 340 g/mol. The number of hydrogen-bond donors (Lipinski definition) is 2. The number of fused-ring (bicyclic) bond motifs is 1. The molecule has 1 fully saturated rings. The zero-order valence-electron chi connectivity index (χ0n) is 14.4. The van der Waals surface area contributed by atoms with Crippen molar-refractivity contribution in [1.82, 2.24) is 4.90 Å². The molecule has 7 heteroatoms. The molecule has 1 saturated heterocycles. The molecule has 0 spiro atoms. The smallest absolute Gasteiger partial charge is 0.224 e. The number of rotatable bonds is 5. The lowest BCUT2D eigenvalue weighted by molar-refractivity contribution is -0.136. The highest BCUT2D eigenvalue weighted by atomic mass is 32.2. The van der Waals surface area contributed by atoms with Crippen LogP contribution in [0.4, 0.5) is 5.69 Å². The number of aryl methyl sites for hydroxylation is 1. The van der Waals surface area contributed by atoms with Crippen LogP contribution in [-0.4, -0.2) is 59.1 Å². The van der Waals surface area contributed by atoms with Crippen molar-refractivity contribution >= 4 is 29.3 Å². The second kappa shape index (κ2) is 8.10. The van der Waals surface area contributed by atoms with E-state index in [1.807, 2.05) is 24.5 Å². The van der Waals surface area contributed by atoms with Gasteiger partial charge in [0.25, 0.3) is 0 Å². The van der Waals surface area contributed by atoms with Crippen LogP contribution in [0.25, 0.3) is 0 Å².